The van der Waals surface area contributed by atoms with Crippen molar-refractivity contribution < 1.29 is 23.2 Å². The first-order chi connectivity index (χ1) is 21.4. The lowest BCUT2D eigenvalue weighted by Crippen LogP contribution is -2.43. The first-order valence-electron chi connectivity index (χ1n) is 16.6. The summed E-state index contributed by atoms with van der Waals surface area (Å²) < 4.78 is 36.4. The lowest BCUT2D eigenvalue weighted by Gasteiger charge is -2.37. The number of nitrogens with zero attached hydrogens (tertiary/aromatic N) is 6. The van der Waals surface area contributed by atoms with E-state index in [0.29, 0.717) is 67.8 Å². The average molecular weight is 609 g/mol. The molecule has 236 valence electrons. The van der Waals surface area contributed by atoms with Gasteiger partial charge in [0.1, 0.15) is 24.3 Å². The van der Waals surface area contributed by atoms with Gasteiger partial charge in [0.15, 0.2) is 11.2 Å². The predicted octanol–water partition coefficient (Wildman–Crippen LogP) is 4.29. The standard InChI is InChI=1S/C32H41FN6O5/c1-2-38-24-28(39(30(38)41)21-8-6-15-42-18-21)34-27(35-29(24)43-19-31-11-7-14-37(31)17-20(33)16-31)25-22-9-5-13-32(26(22)36-44-25)12-4-3-10-23(32)40/h20-21H,2-19H2,1H3/t20-,21-,31?,32-/m1/s1. The van der Waals surface area contributed by atoms with Crippen LogP contribution in [0.15, 0.2) is 9.32 Å². The lowest BCUT2D eigenvalue weighted by atomic mass is 9.64. The van der Waals surface area contributed by atoms with Gasteiger partial charge in [-0.2, -0.15) is 4.98 Å². The molecular formula is C32H41FN6O5. The Bertz CT molecular complexity index is 1660. The van der Waals surface area contributed by atoms with Crippen molar-refractivity contribution in [1.82, 2.24) is 29.2 Å². The number of ether oxygens (including phenoxy) is 2. The third-order valence-corrected chi connectivity index (χ3v) is 11.1. The summed E-state index contributed by atoms with van der Waals surface area (Å²) in [6, 6.07) is -0.167. The van der Waals surface area contributed by atoms with E-state index < -0.39 is 11.6 Å². The maximum absolute atomic E-state index is 14.6. The fourth-order valence-corrected chi connectivity index (χ4v) is 8.93. The number of aromatic nitrogens is 5. The Morgan fingerprint density at radius 3 is 2.77 bits per heavy atom. The van der Waals surface area contributed by atoms with Crippen molar-refractivity contribution in [2.75, 3.05) is 32.9 Å². The van der Waals surface area contributed by atoms with Crippen molar-refractivity contribution >= 4 is 16.9 Å². The van der Waals surface area contributed by atoms with E-state index in [-0.39, 0.29) is 29.7 Å². The van der Waals surface area contributed by atoms with Gasteiger partial charge in [0.05, 0.1) is 23.6 Å². The minimum Gasteiger partial charge on any atom is -0.474 e. The lowest BCUT2D eigenvalue weighted by molar-refractivity contribution is -0.127. The fourth-order valence-electron chi connectivity index (χ4n) is 8.93. The molecule has 11 nitrogen and oxygen atoms in total. The highest BCUT2D eigenvalue weighted by Crippen LogP contribution is 2.47. The van der Waals surface area contributed by atoms with Crippen molar-refractivity contribution in [3.05, 3.63) is 21.7 Å². The molecule has 0 aromatic carbocycles. The number of imidazole rings is 1. The Morgan fingerprint density at radius 1 is 1.07 bits per heavy atom. The zero-order valence-electron chi connectivity index (χ0n) is 25.5. The van der Waals surface area contributed by atoms with Gasteiger partial charge in [-0.25, -0.2) is 14.2 Å². The van der Waals surface area contributed by atoms with E-state index in [1.165, 1.54) is 0 Å². The summed E-state index contributed by atoms with van der Waals surface area (Å²) >= 11 is 0. The summed E-state index contributed by atoms with van der Waals surface area (Å²) in [7, 11) is 0. The molecule has 5 aliphatic rings. The second-order valence-corrected chi connectivity index (χ2v) is 13.6. The van der Waals surface area contributed by atoms with E-state index in [0.717, 1.165) is 82.0 Å². The highest BCUT2D eigenvalue weighted by atomic mass is 19.1. The smallest absolute Gasteiger partial charge is 0.330 e. The molecule has 0 N–H and O–H groups in total. The molecule has 1 saturated carbocycles. The van der Waals surface area contributed by atoms with Crippen molar-refractivity contribution in [3.63, 3.8) is 0 Å². The Kier molecular flexibility index (Phi) is 6.93. The van der Waals surface area contributed by atoms with Crippen LogP contribution in [-0.4, -0.2) is 79.6 Å². The number of alkyl halides is 1. The Balaban J connectivity index is 1.28. The summed E-state index contributed by atoms with van der Waals surface area (Å²) in [6.07, 6.45) is 8.70. The van der Waals surface area contributed by atoms with Gasteiger partial charge >= 0.3 is 5.69 Å². The summed E-state index contributed by atoms with van der Waals surface area (Å²) in [5.41, 5.74) is 1.49. The van der Waals surface area contributed by atoms with Crippen molar-refractivity contribution in [1.29, 1.82) is 0 Å². The molecule has 3 aromatic rings. The molecule has 8 rings (SSSR count). The molecule has 1 spiro atoms. The Hall–Kier alpha value is -3.12. The molecule has 44 heavy (non-hydrogen) atoms. The second kappa shape index (κ2) is 10.8. The molecule has 3 aliphatic heterocycles. The van der Waals surface area contributed by atoms with Crippen molar-refractivity contribution in [2.45, 2.75) is 114 Å². The van der Waals surface area contributed by atoms with Crippen LogP contribution in [0.1, 0.15) is 94.9 Å². The number of carbonyl (C=O) groups excluding carboxylic acids is 1. The second-order valence-electron chi connectivity index (χ2n) is 13.6. The number of halogens is 1. The number of aryl methyl sites for hydroxylation is 1. The number of Topliss-reactive ketones (excluding diaryl/α,β-unsaturated/α-hetero) is 1. The third kappa shape index (κ3) is 4.23. The normalized spacial score (nSPS) is 30.7. The van der Waals surface area contributed by atoms with Gasteiger partial charge in [-0.15, -0.1) is 0 Å². The first-order valence-corrected chi connectivity index (χ1v) is 16.6. The fraction of sp³-hybridized carbons (Fsp3) is 0.719. The van der Waals surface area contributed by atoms with Gasteiger partial charge in [-0.1, -0.05) is 11.6 Å². The van der Waals surface area contributed by atoms with E-state index in [1.807, 2.05) is 6.92 Å². The first kappa shape index (κ1) is 28.4. The molecule has 0 bridgehead atoms. The largest absolute Gasteiger partial charge is 0.474 e. The Labute approximate surface area is 255 Å². The van der Waals surface area contributed by atoms with Gasteiger partial charge in [0.2, 0.25) is 17.5 Å². The Morgan fingerprint density at radius 2 is 1.95 bits per heavy atom. The van der Waals surface area contributed by atoms with Crippen LogP contribution < -0.4 is 10.4 Å². The van der Waals surface area contributed by atoms with Crippen LogP contribution in [0.4, 0.5) is 4.39 Å². The van der Waals surface area contributed by atoms with Crippen LogP contribution in [-0.2, 0) is 27.9 Å². The summed E-state index contributed by atoms with van der Waals surface area (Å²) in [6.45, 7) is 5.01. The number of rotatable bonds is 6. The van der Waals surface area contributed by atoms with E-state index in [2.05, 4.69) is 10.1 Å². The quantitative estimate of drug-likeness (QED) is 0.404. The van der Waals surface area contributed by atoms with Crippen molar-refractivity contribution in [3.8, 4) is 17.5 Å². The van der Waals surface area contributed by atoms with Crippen LogP contribution in [0.5, 0.6) is 5.88 Å². The molecule has 2 aliphatic carbocycles. The molecule has 4 atom stereocenters. The molecule has 6 heterocycles. The molecule has 0 amide bonds. The van der Waals surface area contributed by atoms with Crippen LogP contribution in [0.25, 0.3) is 22.7 Å². The summed E-state index contributed by atoms with van der Waals surface area (Å²) in [5, 5.41) is 4.52. The number of hydrogen-bond donors (Lipinski definition) is 0. The minimum atomic E-state index is -0.878. The topological polar surface area (TPSA) is 118 Å². The number of ketones is 1. The van der Waals surface area contributed by atoms with E-state index in [9.17, 15) is 14.0 Å². The minimum absolute atomic E-state index is 0.167. The maximum atomic E-state index is 14.6. The monoisotopic (exact) mass is 608 g/mol. The summed E-state index contributed by atoms with van der Waals surface area (Å²) in [4.78, 5) is 39.4. The van der Waals surface area contributed by atoms with Crippen LogP contribution in [0, 0.1) is 0 Å². The molecule has 3 saturated heterocycles. The number of carbonyl (C=O) groups is 1. The zero-order chi connectivity index (χ0) is 30.1. The predicted molar refractivity (Wildman–Crippen MR) is 159 cm³/mol. The molecule has 12 heteroatoms. The molecule has 1 unspecified atom stereocenters. The summed E-state index contributed by atoms with van der Waals surface area (Å²) in [5.74, 6) is 1.29. The average Bonchev–Trinajstić information content (AvgIpc) is 3.77. The SMILES string of the molecule is CCn1c(=O)n([C@@H]2CCCOC2)c2nc(-c3onc4c3CCC[C@@]43CCCCC3=O)nc(OCC34CCCN3C[C@H](F)C4)c21. The van der Waals surface area contributed by atoms with E-state index in [1.54, 1.807) is 9.13 Å². The van der Waals surface area contributed by atoms with Gasteiger partial charge in [-0.3, -0.25) is 18.8 Å². The van der Waals surface area contributed by atoms with Crippen LogP contribution in [0.2, 0.25) is 0 Å². The van der Waals surface area contributed by atoms with Crippen LogP contribution in [0.3, 0.4) is 0 Å². The third-order valence-electron chi connectivity index (χ3n) is 11.1. The van der Waals surface area contributed by atoms with Gasteiger partial charge < -0.3 is 14.0 Å². The zero-order valence-corrected chi connectivity index (χ0v) is 25.5. The highest BCUT2D eigenvalue weighted by Gasteiger charge is 2.50. The van der Waals surface area contributed by atoms with E-state index >= 15 is 0 Å². The maximum Gasteiger partial charge on any atom is 0.330 e. The number of fused-ring (bicyclic) bond motifs is 4. The van der Waals surface area contributed by atoms with E-state index in [4.69, 9.17) is 24.0 Å². The molecular weight excluding hydrogens is 567 g/mol. The molecule has 3 aromatic heterocycles. The van der Waals surface area contributed by atoms with Gasteiger partial charge in [-0.05, 0) is 71.3 Å². The molecule has 0 radical (unpaired) electrons. The van der Waals surface area contributed by atoms with Gasteiger partial charge in [0, 0.05) is 38.1 Å². The number of hydrogen-bond acceptors (Lipinski definition) is 9. The molecule has 4 fully saturated rings. The van der Waals surface area contributed by atoms with Crippen molar-refractivity contribution in [2.24, 2.45) is 0 Å². The van der Waals surface area contributed by atoms with Crippen LogP contribution >= 0.6 is 0 Å². The van der Waals surface area contributed by atoms with Gasteiger partial charge in [0.25, 0.3) is 0 Å². The highest BCUT2D eigenvalue weighted by molar-refractivity contribution is 5.91.